The van der Waals surface area contributed by atoms with E-state index in [4.69, 9.17) is 21.1 Å². The van der Waals surface area contributed by atoms with Crippen molar-refractivity contribution in [1.82, 2.24) is 29.5 Å². The minimum Gasteiger partial charge on any atom is -0.494 e. The molecular formula is C25H22ClN7O3. The summed E-state index contributed by atoms with van der Waals surface area (Å²) in [4.78, 5) is 21.5. The molecule has 36 heavy (non-hydrogen) atoms. The quantitative estimate of drug-likeness (QED) is 0.334. The van der Waals surface area contributed by atoms with Crippen LogP contribution in [0.15, 0.2) is 67.1 Å². The predicted molar refractivity (Wildman–Crippen MR) is 135 cm³/mol. The number of benzene rings is 2. The second-order valence-electron chi connectivity index (χ2n) is 7.79. The molecule has 0 atom stereocenters. The van der Waals surface area contributed by atoms with Crippen LogP contribution >= 0.6 is 11.6 Å². The fourth-order valence-corrected chi connectivity index (χ4v) is 3.77. The van der Waals surface area contributed by atoms with Crippen molar-refractivity contribution in [1.29, 1.82) is 0 Å². The van der Waals surface area contributed by atoms with E-state index in [1.165, 1.54) is 6.33 Å². The van der Waals surface area contributed by atoms with Gasteiger partial charge in [-0.25, -0.2) is 14.6 Å². The molecule has 10 nitrogen and oxygen atoms in total. The van der Waals surface area contributed by atoms with E-state index in [2.05, 4.69) is 25.5 Å². The molecule has 3 aromatic heterocycles. The Balaban J connectivity index is 1.37. The number of hydrogen-bond acceptors (Lipinski definition) is 7. The maximum atomic E-state index is 12.7. The molecule has 1 amide bonds. The Labute approximate surface area is 211 Å². The standard InChI is InChI=1S/C25H22ClN7O3/c1-3-35-19-8-10-20(11-9-19)36-14-23(34)30-22-12-16(2)31-33(22)25-21-13-29-32(24(21)27-15-28-25)18-6-4-17(26)5-7-18/h4-13,15H,3,14H2,1-2H3,(H,30,34). The molecule has 0 unspecified atom stereocenters. The lowest BCUT2D eigenvalue weighted by atomic mass is 10.3. The van der Waals surface area contributed by atoms with Crippen molar-refractivity contribution >= 4 is 34.4 Å². The summed E-state index contributed by atoms with van der Waals surface area (Å²) in [7, 11) is 0. The molecule has 2 aromatic carbocycles. The van der Waals surface area contributed by atoms with Gasteiger partial charge in [0, 0.05) is 11.1 Å². The molecule has 0 aliphatic carbocycles. The van der Waals surface area contributed by atoms with Crippen LogP contribution in [-0.2, 0) is 4.79 Å². The first-order valence-electron chi connectivity index (χ1n) is 11.2. The van der Waals surface area contributed by atoms with Gasteiger partial charge in [0.15, 0.2) is 18.1 Å². The van der Waals surface area contributed by atoms with Gasteiger partial charge in [0.05, 0.1) is 29.6 Å². The summed E-state index contributed by atoms with van der Waals surface area (Å²) in [6.45, 7) is 4.15. The molecule has 3 heterocycles. The zero-order valence-electron chi connectivity index (χ0n) is 19.6. The predicted octanol–water partition coefficient (Wildman–Crippen LogP) is 4.38. The van der Waals surface area contributed by atoms with E-state index in [-0.39, 0.29) is 12.5 Å². The van der Waals surface area contributed by atoms with E-state index in [9.17, 15) is 4.79 Å². The Hall–Kier alpha value is -4.44. The molecule has 182 valence electrons. The van der Waals surface area contributed by atoms with Gasteiger partial charge in [-0.2, -0.15) is 14.9 Å². The largest absolute Gasteiger partial charge is 0.494 e. The molecule has 5 rings (SSSR count). The second-order valence-corrected chi connectivity index (χ2v) is 8.23. The van der Waals surface area contributed by atoms with Crippen LogP contribution in [0.25, 0.3) is 22.5 Å². The number of nitrogens with zero attached hydrogens (tertiary/aromatic N) is 6. The molecule has 1 N–H and O–H groups in total. The van der Waals surface area contributed by atoms with Gasteiger partial charge in [0.2, 0.25) is 0 Å². The summed E-state index contributed by atoms with van der Waals surface area (Å²) < 4.78 is 14.3. The number of halogens is 1. The summed E-state index contributed by atoms with van der Waals surface area (Å²) in [5.41, 5.74) is 2.09. The number of rotatable bonds is 8. The van der Waals surface area contributed by atoms with Gasteiger partial charge in [-0.05, 0) is 62.4 Å². The van der Waals surface area contributed by atoms with E-state index in [0.29, 0.717) is 45.7 Å². The number of hydrogen-bond donors (Lipinski definition) is 1. The van der Waals surface area contributed by atoms with Crippen LogP contribution in [0.3, 0.4) is 0 Å². The van der Waals surface area contributed by atoms with Crippen molar-refractivity contribution in [2.45, 2.75) is 13.8 Å². The topological polar surface area (TPSA) is 109 Å². The second kappa shape index (κ2) is 10.0. The molecule has 0 radical (unpaired) electrons. The number of ether oxygens (including phenoxy) is 2. The smallest absolute Gasteiger partial charge is 0.263 e. The van der Waals surface area contributed by atoms with Gasteiger partial charge in [-0.1, -0.05) is 11.6 Å². The van der Waals surface area contributed by atoms with E-state index >= 15 is 0 Å². The van der Waals surface area contributed by atoms with Crippen molar-refractivity contribution in [3.8, 4) is 23.0 Å². The normalized spacial score (nSPS) is 11.0. The Morgan fingerprint density at radius 3 is 2.44 bits per heavy atom. The van der Waals surface area contributed by atoms with Gasteiger partial charge in [-0.15, -0.1) is 0 Å². The molecule has 0 fully saturated rings. The Kier molecular flexibility index (Phi) is 6.50. The van der Waals surface area contributed by atoms with Crippen molar-refractivity contribution < 1.29 is 14.3 Å². The molecule has 0 saturated carbocycles. The zero-order chi connectivity index (χ0) is 25.1. The fourth-order valence-electron chi connectivity index (χ4n) is 3.65. The highest BCUT2D eigenvalue weighted by Gasteiger charge is 2.18. The lowest BCUT2D eigenvalue weighted by Crippen LogP contribution is -2.22. The molecule has 11 heteroatoms. The number of aryl methyl sites for hydroxylation is 1. The van der Waals surface area contributed by atoms with E-state index in [1.54, 1.807) is 58.0 Å². The van der Waals surface area contributed by atoms with Crippen LogP contribution in [0.5, 0.6) is 11.5 Å². The van der Waals surface area contributed by atoms with E-state index < -0.39 is 0 Å². The molecule has 0 aliphatic heterocycles. The summed E-state index contributed by atoms with van der Waals surface area (Å²) >= 11 is 6.02. The summed E-state index contributed by atoms with van der Waals surface area (Å²) in [5.74, 6) is 1.89. The van der Waals surface area contributed by atoms with Crippen LogP contribution in [0, 0.1) is 6.92 Å². The number of carbonyl (C=O) groups excluding carboxylic acids is 1. The van der Waals surface area contributed by atoms with Crippen LogP contribution in [-0.4, -0.2) is 48.6 Å². The Bertz CT molecular complexity index is 1510. The van der Waals surface area contributed by atoms with Crippen LogP contribution in [0.4, 0.5) is 5.82 Å². The average molecular weight is 504 g/mol. The minimum absolute atomic E-state index is 0.175. The third-order valence-corrected chi connectivity index (χ3v) is 5.47. The highest BCUT2D eigenvalue weighted by atomic mass is 35.5. The van der Waals surface area contributed by atoms with Gasteiger partial charge < -0.3 is 14.8 Å². The zero-order valence-corrected chi connectivity index (χ0v) is 20.3. The molecule has 0 aliphatic rings. The van der Waals surface area contributed by atoms with Gasteiger partial charge in [0.25, 0.3) is 5.91 Å². The van der Waals surface area contributed by atoms with Crippen LogP contribution in [0.2, 0.25) is 5.02 Å². The van der Waals surface area contributed by atoms with Crippen molar-refractivity contribution in [3.05, 3.63) is 77.8 Å². The molecular weight excluding hydrogens is 482 g/mol. The van der Waals surface area contributed by atoms with E-state index in [1.807, 2.05) is 26.0 Å². The molecule has 0 spiro atoms. The highest BCUT2D eigenvalue weighted by molar-refractivity contribution is 6.30. The first-order chi connectivity index (χ1) is 17.5. The highest BCUT2D eigenvalue weighted by Crippen LogP contribution is 2.25. The number of anilines is 1. The molecule has 5 aromatic rings. The van der Waals surface area contributed by atoms with Crippen molar-refractivity contribution in [3.63, 3.8) is 0 Å². The third kappa shape index (κ3) is 4.84. The van der Waals surface area contributed by atoms with Crippen molar-refractivity contribution in [2.75, 3.05) is 18.5 Å². The molecule has 0 saturated heterocycles. The SMILES string of the molecule is CCOc1ccc(OCC(=O)Nc2cc(C)nn2-c2ncnc3c2cnn3-c2ccc(Cl)cc2)cc1. The molecule has 0 bridgehead atoms. The number of carbonyl (C=O) groups is 1. The van der Waals surface area contributed by atoms with Crippen LogP contribution < -0.4 is 14.8 Å². The summed E-state index contributed by atoms with van der Waals surface area (Å²) in [6, 6.07) is 16.1. The first kappa shape index (κ1) is 23.3. The summed E-state index contributed by atoms with van der Waals surface area (Å²) in [5, 5.41) is 13.1. The van der Waals surface area contributed by atoms with Gasteiger partial charge >= 0.3 is 0 Å². The number of fused-ring (bicyclic) bond motifs is 1. The number of nitrogens with one attached hydrogen (secondary N) is 1. The van der Waals surface area contributed by atoms with Gasteiger partial charge in [-0.3, -0.25) is 4.79 Å². The van der Waals surface area contributed by atoms with E-state index in [0.717, 1.165) is 11.4 Å². The Morgan fingerprint density at radius 1 is 1.00 bits per heavy atom. The number of amides is 1. The third-order valence-electron chi connectivity index (χ3n) is 5.22. The summed E-state index contributed by atoms with van der Waals surface area (Å²) in [6.07, 6.45) is 3.10. The monoisotopic (exact) mass is 503 g/mol. The fraction of sp³-hybridized carbons (Fsp3) is 0.160. The number of aromatic nitrogens is 6. The maximum absolute atomic E-state index is 12.7. The lowest BCUT2D eigenvalue weighted by Gasteiger charge is -2.10. The van der Waals surface area contributed by atoms with Gasteiger partial charge in [0.1, 0.15) is 23.6 Å². The van der Waals surface area contributed by atoms with Crippen molar-refractivity contribution in [2.24, 2.45) is 0 Å². The lowest BCUT2D eigenvalue weighted by molar-refractivity contribution is -0.118. The average Bonchev–Trinajstić information content (AvgIpc) is 3.47. The minimum atomic E-state index is -0.341. The first-order valence-corrected chi connectivity index (χ1v) is 11.6. The van der Waals surface area contributed by atoms with Crippen LogP contribution in [0.1, 0.15) is 12.6 Å². The Morgan fingerprint density at radius 2 is 1.72 bits per heavy atom. The maximum Gasteiger partial charge on any atom is 0.263 e.